The van der Waals surface area contributed by atoms with Crippen LogP contribution in [0.3, 0.4) is 0 Å². The van der Waals surface area contributed by atoms with Crippen molar-refractivity contribution in [2.24, 2.45) is 0 Å². The number of benzene rings is 1. The number of anilines is 1. The average molecular weight is 246 g/mol. The molecule has 16 heavy (non-hydrogen) atoms. The topological polar surface area (TPSA) is 52.0 Å². The molecule has 0 aliphatic carbocycles. The summed E-state index contributed by atoms with van der Waals surface area (Å²) < 4.78 is 31.4. The van der Waals surface area contributed by atoms with Gasteiger partial charge in [0.2, 0.25) is 0 Å². The molecule has 1 atom stereocenters. The zero-order valence-electron chi connectivity index (χ0n) is 9.27. The Labute approximate surface area is 94.2 Å². The first-order valence-electron chi connectivity index (χ1n) is 4.82. The van der Waals surface area contributed by atoms with Crippen molar-refractivity contribution in [3.05, 3.63) is 17.2 Å². The molecule has 6 heteroatoms. The van der Waals surface area contributed by atoms with Gasteiger partial charge in [-0.25, -0.2) is 8.78 Å². The second-order valence-corrected chi connectivity index (χ2v) is 3.52. The van der Waals surface area contributed by atoms with Crippen LogP contribution in [0.2, 0.25) is 0 Å². The van der Waals surface area contributed by atoms with Gasteiger partial charge in [-0.3, -0.25) is 0 Å². The summed E-state index contributed by atoms with van der Waals surface area (Å²) in [4.78, 5) is 0. The Hall–Kier alpha value is -1.22. The Kier molecular flexibility index (Phi) is 3.81. The van der Waals surface area contributed by atoms with Crippen molar-refractivity contribution in [2.45, 2.75) is 20.8 Å². The lowest BCUT2D eigenvalue weighted by molar-refractivity contribution is 0.460. The fraction of sp³-hybridized carbons (Fsp3) is 0.300. The third-order valence-corrected chi connectivity index (χ3v) is 2.80. The smallest absolute Gasteiger partial charge is 0.179 e. The second-order valence-electron chi connectivity index (χ2n) is 2.94. The van der Waals surface area contributed by atoms with Crippen LogP contribution in [0.1, 0.15) is 19.4 Å². The minimum absolute atomic E-state index is 0.0990. The van der Waals surface area contributed by atoms with Gasteiger partial charge in [0, 0.05) is 5.30 Å². The van der Waals surface area contributed by atoms with Crippen LogP contribution in [-0.4, -0.2) is 5.16 Å². The van der Waals surface area contributed by atoms with Gasteiger partial charge < -0.3 is 10.3 Å². The van der Waals surface area contributed by atoms with Crippen molar-refractivity contribution >= 4 is 31.3 Å². The number of nitrogens with zero attached hydrogens (tertiary/aromatic N) is 1. The van der Waals surface area contributed by atoms with Gasteiger partial charge in [-0.2, -0.15) is 0 Å². The van der Waals surface area contributed by atoms with Gasteiger partial charge in [-0.1, -0.05) is 19.0 Å². The number of hydrogen-bond acceptors (Lipinski definition) is 3. The molecule has 1 aromatic heterocycles. The van der Waals surface area contributed by atoms with E-state index in [1.165, 1.54) is 6.92 Å². The van der Waals surface area contributed by atoms with Crippen LogP contribution >= 0.6 is 9.24 Å². The molecule has 0 aliphatic rings. The molecule has 2 aromatic rings. The fourth-order valence-electron chi connectivity index (χ4n) is 1.26. The van der Waals surface area contributed by atoms with Gasteiger partial charge >= 0.3 is 0 Å². The highest BCUT2D eigenvalue weighted by atomic mass is 31.0. The molecule has 0 aliphatic heterocycles. The van der Waals surface area contributed by atoms with Crippen molar-refractivity contribution in [1.29, 1.82) is 0 Å². The molecule has 0 saturated carbocycles. The molecule has 1 heterocycles. The predicted molar refractivity (Wildman–Crippen MR) is 63.8 cm³/mol. The Morgan fingerprint density at radius 3 is 2.38 bits per heavy atom. The summed E-state index contributed by atoms with van der Waals surface area (Å²) in [5, 5.41) is 3.72. The summed E-state index contributed by atoms with van der Waals surface area (Å²) in [7, 11) is 2.28. The first kappa shape index (κ1) is 12.8. The first-order valence-corrected chi connectivity index (χ1v) is 5.39. The fourth-order valence-corrected chi connectivity index (χ4v) is 1.59. The number of nitrogens with two attached hydrogens (primary N) is 1. The molecular weight excluding hydrogens is 233 g/mol. The number of aromatic nitrogens is 1. The van der Waals surface area contributed by atoms with Crippen molar-refractivity contribution in [3.63, 3.8) is 0 Å². The molecular formula is C10H13F2N2OP. The average Bonchev–Trinajstić information content (AvgIpc) is 2.68. The van der Waals surface area contributed by atoms with Gasteiger partial charge in [0.1, 0.15) is 5.39 Å². The highest BCUT2D eigenvalue weighted by molar-refractivity contribution is 7.28. The van der Waals surface area contributed by atoms with E-state index in [4.69, 9.17) is 10.3 Å². The molecule has 0 radical (unpaired) electrons. The van der Waals surface area contributed by atoms with E-state index in [0.29, 0.717) is 5.30 Å². The summed E-state index contributed by atoms with van der Waals surface area (Å²) in [5.41, 5.74) is 5.69. The molecule has 1 aromatic carbocycles. The lowest BCUT2D eigenvalue weighted by Crippen LogP contribution is -2.05. The second kappa shape index (κ2) is 4.74. The number of rotatable bonds is 0. The van der Waals surface area contributed by atoms with Gasteiger partial charge in [-0.05, 0) is 12.5 Å². The monoisotopic (exact) mass is 246 g/mol. The summed E-state index contributed by atoms with van der Waals surface area (Å²) in [6, 6.07) is 0. The Balaban J connectivity index is 0.000000606. The molecule has 0 saturated heterocycles. The van der Waals surface area contributed by atoms with E-state index < -0.39 is 11.6 Å². The van der Waals surface area contributed by atoms with Crippen LogP contribution in [0.4, 0.5) is 14.6 Å². The standard InChI is InChI=1S/C8H7F2N2OP.C2H6/c1-2-4(9)5(10)3-6(7(2)14)13-12-8(3)11;1-2/h14H2,1H3,(H2,11,12);1-2H3. The minimum atomic E-state index is -1.01. The largest absolute Gasteiger partial charge is 0.380 e. The zero-order valence-corrected chi connectivity index (χ0v) is 10.4. The molecule has 2 rings (SSSR count). The van der Waals surface area contributed by atoms with Crippen molar-refractivity contribution in [2.75, 3.05) is 5.73 Å². The maximum atomic E-state index is 13.4. The summed E-state index contributed by atoms with van der Waals surface area (Å²) in [6.07, 6.45) is 0. The zero-order chi connectivity index (χ0) is 12.5. The predicted octanol–water partition coefficient (Wildman–Crippen LogP) is 2.52. The van der Waals surface area contributed by atoms with Crippen molar-refractivity contribution < 1.29 is 13.3 Å². The Morgan fingerprint density at radius 2 is 1.81 bits per heavy atom. The van der Waals surface area contributed by atoms with Gasteiger partial charge in [0.25, 0.3) is 0 Å². The lowest BCUT2D eigenvalue weighted by Gasteiger charge is -2.02. The Bertz CT molecular complexity index is 525. The number of nitrogen functional groups attached to an aromatic ring is 1. The van der Waals surface area contributed by atoms with Gasteiger partial charge in [0.15, 0.2) is 23.0 Å². The molecule has 1 unspecified atom stereocenters. The maximum absolute atomic E-state index is 13.4. The third kappa shape index (κ3) is 1.76. The highest BCUT2D eigenvalue weighted by Gasteiger charge is 2.20. The van der Waals surface area contributed by atoms with E-state index in [9.17, 15) is 8.78 Å². The number of hydrogen-bond donors (Lipinski definition) is 1. The van der Waals surface area contributed by atoms with Crippen LogP contribution in [0, 0.1) is 18.6 Å². The quantitative estimate of drug-likeness (QED) is 0.727. The van der Waals surface area contributed by atoms with E-state index in [2.05, 4.69) is 14.4 Å². The van der Waals surface area contributed by atoms with E-state index in [-0.39, 0.29) is 22.4 Å². The van der Waals surface area contributed by atoms with Crippen LogP contribution in [0.25, 0.3) is 11.0 Å². The van der Waals surface area contributed by atoms with Crippen LogP contribution in [0.15, 0.2) is 4.52 Å². The normalized spacial score (nSPS) is 10.1. The summed E-state index contributed by atoms with van der Waals surface area (Å²) >= 11 is 0. The third-order valence-electron chi connectivity index (χ3n) is 2.11. The van der Waals surface area contributed by atoms with E-state index in [1.54, 1.807) is 0 Å². The van der Waals surface area contributed by atoms with E-state index in [0.717, 1.165) is 0 Å². The molecule has 2 N–H and O–H groups in total. The lowest BCUT2D eigenvalue weighted by atomic mass is 10.1. The molecule has 0 amide bonds. The van der Waals surface area contributed by atoms with Gasteiger partial charge in [0.05, 0.1) is 0 Å². The maximum Gasteiger partial charge on any atom is 0.179 e. The molecule has 0 spiro atoms. The molecule has 0 bridgehead atoms. The minimum Gasteiger partial charge on any atom is -0.380 e. The molecule has 88 valence electrons. The van der Waals surface area contributed by atoms with Crippen LogP contribution in [-0.2, 0) is 0 Å². The summed E-state index contributed by atoms with van der Waals surface area (Å²) in [6.45, 7) is 5.46. The van der Waals surface area contributed by atoms with Crippen LogP contribution < -0.4 is 11.0 Å². The van der Waals surface area contributed by atoms with Crippen molar-refractivity contribution in [1.82, 2.24) is 5.16 Å². The SMILES string of the molecule is CC.Cc1c(F)c(F)c2c(N)noc2c1P. The summed E-state index contributed by atoms with van der Waals surface area (Å²) in [5.74, 6) is -2.07. The number of fused-ring (bicyclic) bond motifs is 1. The molecule has 0 fully saturated rings. The first-order chi connectivity index (χ1) is 7.54. The van der Waals surface area contributed by atoms with Crippen LogP contribution in [0.5, 0.6) is 0 Å². The number of halogens is 2. The van der Waals surface area contributed by atoms with Gasteiger partial charge in [-0.15, -0.1) is 9.24 Å². The molecule has 3 nitrogen and oxygen atoms in total. The van der Waals surface area contributed by atoms with Crippen molar-refractivity contribution in [3.8, 4) is 0 Å². The Morgan fingerprint density at radius 1 is 1.25 bits per heavy atom. The van der Waals surface area contributed by atoms with E-state index >= 15 is 0 Å². The highest BCUT2D eigenvalue weighted by Crippen LogP contribution is 2.27. The van der Waals surface area contributed by atoms with E-state index in [1.807, 2.05) is 13.8 Å².